The molecule has 1 aromatic heterocycles. The van der Waals surface area contributed by atoms with Crippen molar-refractivity contribution in [2.75, 3.05) is 6.54 Å². The maximum absolute atomic E-state index is 11.8. The Morgan fingerprint density at radius 2 is 2.05 bits per heavy atom. The third kappa shape index (κ3) is 4.16. The van der Waals surface area contributed by atoms with Crippen LogP contribution in [0.25, 0.3) is 5.69 Å². The fraction of sp³-hybridized carbons (Fsp3) is 0.375. The number of benzene rings is 1. The third-order valence-electron chi connectivity index (χ3n) is 3.57. The van der Waals surface area contributed by atoms with Crippen molar-refractivity contribution in [3.8, 4) is 5.69 Å². The van der Waals surface area contributed by atoms with Crippen LogP contribution in [0.3, 0.4) is 0 Å². The number of para-hydroxylation sites is 1. The van der Waals surface area contributed by atoms with Gasteiger partial charge in [0.25, 0.3) is 0 Å². The Kier molecular flexibility index (Phi) is 5.11. The van der Waals surface area contributed by atoms with Gasteiger partial charge in [0.05, 0.1) is 11.9 Å². The van der Waals surface area contributed by atoms with Crippen LogP contribution in [0.4, 0.5) is 0 Å². The molecule has 0 aliphatic carbocycles. The van der Waals surface area contributed by atoms with E-state index in [0.717, 1.165) is 17.7 Å². The number of rotatable bonds is 6. The minimum atomic E-state index is -0.169. The summed E-state index contributed by atoms with van der Waals surface area (Å²) in [6.45, 7) is 4.28. The summed E-state index contributed by atoms with van der Waals surface area (Å²) in [5.41, 5.74) is 7.83. The van der Waals surface area contributed by atoms with Gasteiger partial charge in [0.15, 0.2) is 0 Å². The third-order valence-corrected chi connectivity index (χ3v) is 3.57. The van der Waals surface area contributed by atoms with E-state index in [1.165, 1.54) is 0 Å². The van der Waals surface area contributed by atoms with Crippen molar-refractivity contribution in [3.05, 3.63) is 48.3 Å². The Morgan fingerprint density at radius 1 is 1.33 bits per heavy atom. The van der Waals surface area contributed by atoms with Crippen LogP contribution in [0.2, 0.25) is 0 Å². The number of hydrogen-bond donors (Lipinski definition) is 2. The predicted molar refractivity (Wildman–Crippen MR) is 83.1 cm³/mol. The van der Waals surface area contributed by atoms with E-state index in [1.807, 2.05) is 61.3 Å². The molecule has 5 heteroatoms. The van der Waals surface area contributed by atoms with E-state index in [9.17, 15) is 4.79 Å². The van der Waals surface area contributed by atoms with E-state index in [4.69, 9.17) is 5.73 Å². The molecule has 0 saturated carbocycles. The zero-order valence-corrected chi connectivity index (χ0v) is 12.5. The molecule has 0 aliphatic heterocycles. The van der Waals surface area contributed by atoms with Crippen LogP contribution in [-0.4, -0.2) is 28.3 Å². The van der Waals surface area contributed by atoms with Crippen LogP contribution in [0.1, 0.15) is 19.4 Å². The fourth-order valence-electron chi connectivity index (χ4n) is 1.94. The van der Waals surface area contributed by atoms with E-state index in [0.29, 0.717) is 6.54 Å². The zero-order valence-electron chi connectivity index (χ0n) is 12.5. The number of hydrogen-bond acceptors (Lipinski definition) is 3. The quantitative estimate of drug-likeness (QED) is 0.845. The lowest BCUT2D eigenvalue weighted by atomic mass is 10.0. The molecule has 112 valence electrons. The van der Waals surface area contributed by atoms with Gasteiger partial charge in [0, 0.05) is 24.7 Å². The van der Waals surface area contributed by atoms with Gasteiger partial charge in [0.1, 0.15) is 0 Å². The fourth-order valence-corrected chi connectivity index (χ4v) is 1.94. The van der Waals surface area contributed by atoms with E-state index < -0.39 is 0 Å². The number of carbonyl (C=O) groups is 1. The first-order valence-corrected chi connectivity index (χ1v) is 7.20. The van der Waals surface area contributed by atoms with E-state index in [2.05, 4.69) is 10.4 Å². The second-order valence-corrected chi connectivity index (χ2v) is 5.32. The Balaban J connectivity index is 1.85. The summed E-state index contributed by atoms with van der Waals surface area (Å²) in [5, 5.41) is 7.24. The number of amides is 1. The maximum atomic E-state index is 11.8. The molecule has 0 spiro atoms. The van der Waals surface area contributed by atoms with Gasteiger partial charge in [-0.05, 0) is 31.0 Å². The van der Waals surface area contributed by atoms with Crippen LogP contribution in [0.5, 0.6) is 0 Å². The molecule has 0 radical (unpaired) electrons. The summed E-state index contributed by atoms with van der Waals surface area (Å²) in [4.78, 5) is 11.8. The maximum Gasteiger partial charge on any atom is 0.224 e. The van der Waals surface area contributed by atoms with Crippen molar-refractivity contribution < 1.29 is 4.79 Å². The second kappa shape index (κ2) is 7.04. The van der Waals surface area contributed by atoms with Crippen molar-refractivity contribution >= 4 is 5.91 Å². The molecular formula is C16H22N4O. The summed E-state index contributed by atoms with van der Waals surface area (Å²) in [7, 11) is 0. The number of nitrogens with zero attached hydrogens (tertiary/aromatic N) is 2. The Morgan fingerprint density at radius 3 is 2.71 bits per heavy atom. The minimum absolute atomic E-state index is 0.000418. The van der Waals surface area contributed by atoms with E-state index in [1.54, 1.807) is 0 Å². The van der Waals surface area contributed by atoms with Gasteiger partial charge < -0.3 is 11.1 Å². The van der Waals surface area contributed by atoms with Gasteiger partial charge >= 0.3 is 0 Å². The Hall–Kier alpha value is -2.14. The van der Waals surface area contributed by atoms with E-state index in [-0.39, 0.29) is 17.9 Å². The minimum Gasteiger partial charge on any atom is -0.355 e. The van der Waals surface area contributed by atoms with Gasteiger partial charge in [0.2, 0.25) is 5.91 Å². The Labute approximate surface area is 125 Å². The van der Waals surface area contributed by atoms with Gasteiger partial charge in [-0.3, -0.25) is 4.79 Å². The molecule has 1 heterocycles. The first-order valence-electron chi connectivity index (χ1n) is 7.20. The number of nitrogens with one attached hydrogen (secondary N) is 1. The van der Waals surface area contributed by atoms with Crippen molar-refractivity contribution in [1.29, 1.82) is 0 Å². The summed E-state index contributed by atoms with van der Waals surface area (Å²) in [6, 6.07) is 9.80. The van der Waals surface area contributed by atoms with Crippen LogP contribution in [-0.2, 0) is 11.2 Å². The van der Waals surface area contributed by atoms with E-state index >= 15 is 0 Å². The van der Waals surface area contributed by atoms with Gasteiger partial charge in [-0.15, -0.1) is 0 Å². The molecule has 0 saturated heterocycles. The highest BCUT2D eigenvalue weighted by molar-refractivity contribution is 5.78. The number of aromatic nitrogens is 2. The lowest BCUT2D eigenvalue weighted by Gasteiger charge is -2.14. The Bertz CT molecular complexity index is 577. The largest absolute Gasteiger partial charge is 0.355 e. The smallest absolute Gasteiger partial charge is 0.224 e. The monoisotopic (exact) mass is 286 g/mol. The predicted octanol–water partition coefficient (Wildman–Crippen LogP) is 1.51. The molecule has 5 nitrogen and oxygen atoms in total. The van der Waals surface area contributed by atoms with Crippen LogP contribution in [0.15, 0.2) is 42.7 Å². The average molecular weight is 286 g/mol. The van der Waals surface area contributed by atoms with Gasteiger partial charge in [-0.2, -0.15) is 5.10 Å². The first kappa shape index (κ1) is 15.3. The summed E-state index contributed by atoms with van der Waals surface area (Å²) in [5.74, 6) is -0.169. The van der Waals surface area contributed by atoms with Crippen LogP contribution >= 0.6 is 0 Å². The van der Waals surface area contributed by atoms with Crippen molar-refractivity contribution in [2.24, 2.45) is 11.7 Å². The second-order valence-electron chi connectivity index (χ2n) is 5.32. The lowest BCUT2D eigenvalue weighted by Crippen LogP contribution is -2.39. The molecule has 3 N–H and O–H groups in total. The van der Waals surface area contributed by atoms with Gasteiger partial charge in [-0.1, -0.05) is 25.1 Å². The van der Waals surface area contributed by atoms with Crippen molar-refractivity contribution in [2.45, 2.75) is 26.3 Å². The molecule has 1 amide bonds. The normalized spacial score (nSPS) is 13.7. The summed E-state index contributed by atoms with van der Waals surface area (Å²) in [6.07, 6.45) is 4.56. The highest BCUT2D eigenvalue weighted by atomic mass is 16.1. The summed E-state index contributed by atoms with van der Waals surface area (Å²) < 4.78 is 1.84. The SMILES string of the molecule is CC(N)C(C)C(=O)NCCc1cnn(-c2ccccc2)c1. The number of nitrogens with two attached hydrogens (primary N) is 1. The summed E-state index contributed by atoms with van der Waals surface area (Å²) >= 11 is 0. The number of carbonyl (C=O) groups excluding carboxylic acids is 1. The topological polar surface area (TPSA) is 72.9 Å². The first-order chi connectivity index (χ1) is 10.1. The molecule has 0 bridgehead atoms. The zero-order chi connectivity index (χ0) is 15.2. The lowest BCUT2D eigenvalue weighted by molar-refractivity contribution is -0.124. The molecule has 2 aromatic rings. The van der Waals surface area contributed by atoms with Crippen LogP contribution in [0, 0.1) is 5.92 Å². The average Bonchev–Trinajstić information content (AvgIpc) is 2.96. The molecule has 2 atom stereocenters. The standard InChI is InChI=1S/C16H22N4O/c1-12(13(2)17)16(21)18-9-8-14-10-19-20(11-14)15-6-4-3-5-7-15/h3-7,10-13H,8-9,17H2,1-2H3,(H,18,21). The molecule has 2 rings (SSSR count). The molecular weight excluding hydrogens is 264 g/mol. The molecule has 21 heavy (non-hydrogen) atoms. The van der Waals surface area contributed by atoms with Crippen molar-refractivity contribution in [1.82, 2.24) is 15.1 Å². The molecule has 0 aliphatic rings. The molecule has 2 unspecified atom stereocenters. The highest BCUT2D eigenvalue weighted by Crippen LogP contribution is 2.08. The highest BCUT2D eigenvalue weighted by Gasteiger charge is 2.16. The van der Waals surface area contributed by atoms with Crippen LogP contribution < -0.4 is 11.1 Å². The molecule has 1 aromatic carbocycles. The van der Waals surface area contributed by atoms with Crippen molar-refractivity contribution in [3.63, 3.8) is 0 Å². The van der Waals surface area contributed by atoms with Gasteiger partial charge in [-0.25, -0.2) is 4.68 Å². The molecule has 0 fully saturated rings.